The monoisotopic (exact) mass is 264 g/mol. The minimum absolute atomic E-state index is 0.239. The summed E-state index contributed by atoms with van der Waals surface area (Å²) >= 11 is 0. The van der Waals surface area contributed by atoms with Gasteiger partial charge >= 0.3 is 0 Å². The zero-order valence-corrected chi connectivity index (χ0v) is 11.8. The third-order valence-corrected chi connectivity index (χ3v) is 3.64. The molecule has 4 heteroatoms. The van der Waals surface area contributed by atoms with Crippen LogP contribution in [0.15, 0.2) is 24.3 Å². The number of rotatable bonds is 4. The lowest BCUT2D eigenvalue weighted by molar-refractivity contribution is 0.266. The highest BCUT2D eigenvalue weighted by Gasteiger charge is 2.21. The number of nitrogens with zero attached hydrogens (tertiary/aromatic N) is 1. The van der Waals surface area contributed by atoms with Gasteiger partial charge in [-0.3, -0.25) is 0 Å². The number of aliphatic hydroxyl groups excluding tert-OH is 1. The van der Waals surface area contributed by atoms with Crippen LogP contribution in [0.3, 0.4) is 0 Å². The minimum Gasteiger partial charge on any atom is -0.497 e. The predicted octanol–water partition coefficient (Wildman–Crippen LogP) is 1.49. The zero-order valence-electron chi connectivity index (χ0n) is 11.8. The van der Waals surface area contributed by atoms with Crippen molar-refractivity contribution < 1.29 is 9.84 Å². The second kappa shape index (κ2) is 6.78. The highest BCUT2D eigenvalue weighted by molar-refractivity contribution is 5.49. The number of hydrogen-bond acceptors (Lipinski definition) is 4. The Hall–Kier alpha value is -1.26. The van der Waals surface area contributed by atoms with E-state index in [1.165, 1.54) is 5.69 Å². The van der Waals surface area contributed by atoms with Crippen LogP contribution in [0, 0.1) is 5.92 Å². The molecule has 106 valence electrons. The number of anilines is 1. The Kier molecular flexibility index (Phi) is 5.05. The number of nitrogens with one attached hydrogen (secondary N) is 1. The molecule has 0 bridgehead atoms. The smallest absolute Gasteiger partial charge is 0.119 e. The third kappa shape index (κ3) is 3.85. The highest BCUT2D eigenvalue weighted by Crippen LogP contribution is 2.22. The van der Waals surface area contributed by atoms with Crippen LogP contribution >= 0.6 is 0 Å². The molecular weight excluding hydrogens is 240 g/mol. The Morgan fingerprint density at radius 1 is 1.32 bits per heavy atom. The Balaban J connectivity index is 2.10. The molecule has 4 nitrogen and oxygen atoms in total. The number of methoxy groups -OCH3 is 1. The van der Waals surface area contributed by atoms with Crippen molar-refractivity contribution in [2.75, 3.05) is 38.3 Å². The molecule has 2 N–H and O–H groups in total. The van der Waals surface area contributed by atoms with E-state index >= 15 is 0 Å². The van der Waals surface area contributed by atoms with Crippen molar-refractivity contribution in [3.05, 3.63) is 24.3 Å². The summed E-state index contributed by atoms with van der Waals surface area (Å²) in [7, 11) is 1.68. The van der Waals surface area contributed by atoms with Crippen molar-refractivity contribution >= 4 is 5.69 Å². The quantitative estimate of drug-likeness (QED) is 0.865. The summed E-state index contributed by atoms with van der Waals surface area (Å²) in [4.78, 5) is 2.39. The van der Waals surface area contributed by atoms with Crippen LogP contribution in [0.5, 0.6) is 5.75 Å². The summed E-state index contributed by atoms with van der Waals surface area (Å²) in [6.45, 7) is 5.49. The highest BCUT2D eigenvalue weighted by atomic mass is 16.5. The Bertz CT molecular complexity index is 380. The number of hydrogen-bond donors (Lipinski definition) is 2. The first-order valence-electron chi connectivity index (χ1n) is 6.96. The summed E-state index contributed by atoms with van der Waals surface area (Å²) in [5.41, 5.74) is 1.22. The van der Waals surface area contributed by atoms with Crippen molar-refractivity contribution in [2.45, 2.75) is 19.4 Å². The Morgan fingerprint density at radius 3 is 2.68 bits per heavy atom. The largest absolute Gasteiger partial charge is 0.497 e. The molecule has 0 aliphatic carbocycles. The van der Waals surface area contributed by atoms with Crippen LogP contribution in [0.2, 0.25) is 0 Å². The molecule has 2 rings (SSSR count). The fourth-order valence-electron chi connectivity index (χ4n) is 2.57. The van der Waals surface area contributed by atoms with E-state index in [9.17, 15) is 0 Å². The van der Waals surface area contributed by atoms with Crippen LogP contribution < -0.4 is 15.0 Å². The van der Waals surface area contributed by atoms with E-state index in [4.69, 9.17) is 9.84 Å². The first kappa shape index (κ1) is 14.2. The van der Waals surface area contributed by atoms with E-state index in [2.05, 4.69) is 29.3 Å². The van der Waals surface area contributed by atoms with E-state index in [1.807, 2.05) is 12.1 Å². The lowest BCUT2D eigenvalue weighted by atomic mass is 10.1. The molecule has 1 aromatic carbocycles. The molecule has 2 atom stereocenters. The number of ether oxygens (including phenoxy) is 1. The Morgan fingerprint density at radius 2 is 2.05 bits per heavy atom. The molecule has 0 saturated carbocycles. The van der Waals surface area contributed by atoms with E-state index in [-0.39, 0.29) is 6.61 Å². The van der Waals surface area contributed by atoms with Crippen molar-refractivity contribution in [1.29, 1.82) is 0 Å². The summed E-state index contributed by atoms with van der Waals surface area (Å²) in [6.07, 6.45) is 0.805. The molecule has 0 spiro atoms. The first-order valence-corrected chi connectivity index (χ1v) is 6.96. The van der Waals surface area contributed by atoms with Crippen LogP contribution in [0.1, 0.15) is 13.3 Å². The summed E-state index contributed by atoms with van der Waals surface area (Å²) < 4.78 is 5.20. The average molecular weight is 264 g/mol. The molecular formula is C15H24N2O2. The zero-order chi connectivity index (χ0) is 13.7. The van der Waals surface area contributed by atoms with Gasteiger partial charge in [-0.05, 0) is 43.1 Å². The van der Waals surface area contributed by atoms with Crippen molar-refractivity contribution in [1.82, 2.24) is 5.32 Å². The van der Waals surface area contributed by atoms with E-state index in [1.54, 1.807) is 7.11 Å². The normalized spacial score (nSPS) is 24.1. The average Bonchev–Trinajstić information content (AvgIpc) is 2.62. The topological polar surface area (TPSA) is 44.7 Å². The molecule has 2 unspecified atom stereocenters. The second-order valence-electron chi connectivity index (χ2n) is 5.33. The second-order valence-corrected chi connectivity index (χ2v) is 5.33. The standard InChI is InChI=1S/C15H24N2O2/c1-12-9-16-13(7-8-18)11-17(10-12)14-3-5-15(19-2)6-4-14/h3-6,12-13,16,18H,7-11H2,1-2H3. The van der Waals surface area contributed by atoms with Crippen molar-refractivity contribution in [2.24, 2.45) is 5.92 Å². The maximum atomic E-state index is 9.13. The van der Waals surface area contributed by atoms with Gasteiger partial charge in [0.2, 0.25) is 0 Å². The molecule has 1 saturated heterocycles. The lowest BCUT2D eigenvalue weighted by Crippen LogP contribution is -2.38. The lowest BCUT2D eigenvalue weighted by Gasteiger charge is -2.27. The summed E-state index contributed by atoms with van der Waals surface area (Å²) in [5.74, 6) is 1.49. The number of aliphatic hydroxyl groups is 1. The SMILES string of the molecule is COc1ccc(N2CC(C)CNC(CCO)C2)cc1. The molecule has 1 heterocycles. The van der Waals surface area contributed by atoms with Gasteiger partial charge in [0.15, 0.2) is 0 Å². The van der Waals surface area contributed by atoms with Gasteiger partial charge in [0, 0.05) is 31.4 Å². The van der Waals surface area contributed by atoms with Gasteiger partial charge in [-0.2, -0.15) is 0 Å². The molecule has 1 aliphatic heterocycles. The minimum atomic E-state index is 0.239. The van der Waals surface area contributed by atoms with E-state index in [0.717, 1.165) is 31.8 Å². The molecule has 0 amide bonds. The van der Waals surface area contributed by atoms with Crippen molar-refractivity contribution in [3.63, 3.8) is 0 Å². The van der Waals surface area contributed by atoms with Gasteiger partial charge in [0.1, 0.15) is 5.75 Å². The molecule has 19 heavy (non-hydrogen) atoms. The molecule has 1 aromatic rings. The molecule has 1 fully saturated rings. The van der Waals surface area contributed by atoms with Gasteiger partial charge in [0.25, 0.3) is 0 Å². The number of benzene rings is 1. The van der Waals surface area contributed by atoms with E-state index in [0.29, 0.717) is 12.0 Å². The first-order chi connectivity index (χ1) is 9.22. The fraction of sp³-hybridized carbons (Fsp3) is 0.600. The summed E-state index contributed by atoms with van der Waals surface area (Å²) in [6, 6.07) is 8.57. The van der Waals surface area contributed by atoms with Gasteiger partial charge < -0.3 is 20.1 Å². The maximum absolute atomic E-state index is 9.13. The fourth-order valence-corrected chi connectivity index (χ4v) is 2.57. The molecule has 0 aromatic heterocycles. The van der Waals surface area contributed by atoms with E-state index < -0.39 is 0 Å². The Labute approximate surface area is 115 Å². The van der Waals surface area contributed by atoms with Crippen LogP contribution in [0.4, 0.5) is 5.69 Å². The molecule has 1 aliphatic rings. The van der Waals surface area contributed by atoms with Gasteiger partial charge in [0.05, 0.1) is 7.11 Å². The maximum Gasteiger partial charge on any atom is 0.119 e. The van der Waals surface area contributed by atoms with Gasteiger partial charge in [-0.1, -0.05) is 6.92 Å². The van der Waals surface area contributed by atoms with Crippen LogP contribution in [0.25, 0.3) is 0 Å². The van der Waals surface area contributed by atoms with Gasteiger partial charge in [-0.15, -0.1) is 0 Å². The predicted molar refractivity (Wildman–Crippen MR) is 77.9 cm³/mol. The van der Waals surface area contributed by atoms with Crippen LogP contribution in [-0.2, 0) is 0 Å². The third-order valence-electron chi connectivity index (χ3n) is 3.64. The van der Waals surface area contributed by atoms with Crippen LogP contribution in [-0.4, -0.2) is 44.5 Å². The van der Waals surface area contributed by atoms with Crippen molar-refractivity contribution in [3.8, 4) is 5.75 Å². The van der Waals surface area contributed by atoms with Gasteiger partial charge in [-0.25, -0.2) is 0 Å². The molecule has 0 radical (unpaired) electrons. The summed E-state index contributed by atoms with van der Waals surface area (Å²) in [5, 5.41) is 12.7.